The highest BCUT2D eigenvalue weighted by Gasteiger charge is 1.95. The number of benzene rings is 1. The van der Waals surface area contributed by atoms with E-state index in [2.05, 4.69) is 43.7 Å². The molecule has 0 aromatic heterocycles. The predicted molar refractivity (Wildman–Crippen MR) is 92.3 cm³/mol. The Morgan fingerprint density at radius 3 is 2.06 bits per heavy atom. The van der Waals surface area contributed by atoms with Gasteiger partial charge in [-0.05, 0) is 44.3 Å². The quantitative estimate of drug-likeness (QED) is 0.323. The van der Waals surface area contributed by atoms with Crippen molar-refractivity contribution in [3.05, 3.63) is 35.9 Å². The molecule has 0 saturated heterocycles. The molecule has 0 saturated carbocycles. The molecule has 1 rings (SSSR count). The first-order valence-corrected chi connectivity index (χ1v) is 8.90. The van der Waals surface area contributed by atoms with Crippen molar-refractivity contribution >= 4 is 31.9 Å². The molecular formula is C15H26IP. The van der Waals surface area contributed by atoms with Gasteiger partial charge in [0.25, 0.3) is 0 Å². The van der Waals surface area contributed by atoms with E-state index in [-0.39, 0.29) is 24.0 Å². The maximum Gasteiger partial charge on any atom is -0.0279 e. The van der Waals surface area contributed by atoms with Gasteiger partial charge in [-0.25, -0.2) is 0 Å². The van der Waals surface area contributed by atoms with Crippen molar-refractivity contribution in [1.29, 1.82) is 0 Å². The zero-order valence-corrected chi connectivity index (χ0v) is 14.4. The van der Waals surface area contributed by atoms with E-state index >= 15 is 0 Å². The summed E-state index contributed by atoms with van der Waals surface area (Å²) in [4.78, 5) is 0. The molecule has 0 amide bonds. The van der Waals surface area contributed by atoms with Crippen LogP contribution in [-0.2, 0) is 6.42 Å². The van der Waals surface area contributed by atoms with Gasteiger partial charge in [0, 0.05) is 0 Å². The van der Waals surface area contributed by atoms with Crippen LogP contribution in [0.25, 0.3) is 0 Å². The highest BCUT2D eigenvalue weighted by molar-refractivity contribution is 14.0. The number of hydrogen-bond donors (Lipinski definition) is 0. The molecule has 1 aromatic rings. The lowest BCUT2D eigenvalue weighted by Gasteiger charge is -2.05. The lowest BCUT2D eigenvalue weighted by Crippen LogP contribution is -1.87. The summed E-state index contributed by atoms with van der Waals surface area (Å²) in [5.41, 5.74) is 1.49. The van der Waals surface area contributed by atoms with E-state index in [9.17, 15) is 0 Å². The number of rotatable bonds is 8. The van der Waals surface area contributed by atoms with Gasteiger partial charge in [0.15, 0.2) is 0 Å². The summed E-state index contributed by atoms with van der Waals surface area (Å²) in [6.07, 6.45) is 9.80. The molecule has 0 radical (unpaired) electrons. The summed E-state index contributed by atoms with van der Waals surface area (Å²) in [6, 6.07) is 10.8. The molecule has 0 N–H and O–H groups in total. The fourth-order valence-corrected chi connectivity index (χ4v) is 2.79. The molecule has 17 heavy (non-hydrogen) atoms. The van der Waals surface area contributed by atoms with Crippen molar-refractivity contribution in [1.82, 2.24) is 0 Å². The van der Waals surface area contributed by atoms with E-state index in [1.807, 2.05) is 0 Å². The van der Waals surface area contributed by atoms with Crippen LogP contribution in [0.5, 0.6) is 0 Å². The Labute approximate surface area is 125 Å². The van der Waals surface area contributed by atoms with E-state index < -0.39 is 0 Å². The lowest BCUT2D eigenvalue weighted by atomic mass is 10.1. The van der Waals surface area contributed by atoms with Crippen LogP contribution in [0.3, 0.4) is 0 Å². The maximum atomic E-state index is 2.38. The monoisotopic (exact) mass is 364 g/mol. The van der Waals surface area contributed by atoms with Crippen LogP contribution >= 0.6 is 31.9 Å². The molecule has 1 aromatic carbocycles. The molecular weight excluding hydrogens is 338 g/mol. The molecule has 0 aliphatic rings. The van der Waals surface area contributed by atoms with Gasteiger partial charge in [-0.2, -0.15) is 0 Å². The van der Waals surface area contributed by atoms with E-state index in [0.717, 1.165) is 0 Å². The van der Waals surface area contributed by atoms with Crippen LogP contribution in [0.1, 0.15) is 37.7 Å². The van der Waals surface area contributed by atoms with Gasteiger partial charge in [0.2, 0.25) is 0 Å². The Bertz CT molecular complexity index is 259. The molecule has 0 aliphatic carbocycles. The van der Waals surface area contributed by atoms with Crippen LogP contribution in [0, 0.1) is 0 Å². The summed E-state index contributed by atoms with van der Waals surface area (Å²) < 4.78 is 0. The van der Waals surface area contributed by atoms with Gasteiger partial charge < -0.3 is 0 Å². The zero-order chi connectivity index (χ0) is 11.6. The van der Waals surface area contributed by atoms with Gasteiger partial charge in [-0.3, -0.25) is 0 Å². The predicted octanol–water partition coefficient (Wildman–Crippen LogP) is 5.54. The Morgan fingerprint density at radius 1 is 0.824 bits per heavy atom. The normalized spacial score (nSPS) is 10.3. The van der Waals surface area contributed by atoms with E-state index in [1.165, 1.54) is 50.3 Å². The summed E-state index contributed by atoms with van der Waals surface area (Å²) in [5.74, 6) is 0. The molecule has 0 aliphatic heterocycles. The molecule has 0 atom stereocenters. The van der Waals surface area contributed by atoms with Gasteiger partial charge in [0.1, 0.15) is 0 Å². The Kier molecular flexibility index (Phi) is 11.7. The summed E-state index contributed by atoms with van der Waals surface area (Å²) in [5, 5.41) is 0. The van der Waals surface area contributed by atoms with Gasteiger partial charge in [0.05, 0.1) is 0 Å². The van der Waals surface area contributed by atoms with E-state index in [1.54, 1.807) is 0 Å². The van der Waals surface area contributed by atoms with Crippen molar-refractivity contribution < 1.29 is 0 Å². The minimum absolute atomic E-state index is 0. The smallest absolute Gasteiger partial charge is 0.0279 e. The van der Waals surface area contributed by atoms with Crippen molar-refractivity contribution in [2.45, 2.75) is 38.5 Å². The van der Waals surface area contributed by atoms with Gasteiger partial charge in [-0.1, -0.05) is 49.6 Å². The third-order valence-electron chi connectivity index (χ3n) is 2.91. The van der Waals surface area contributed by atoms with Crippen LogP contribution in [0.4, 0.5) is 0 Å². The minimum atomic E-state index is 0. The molecule has 0 bridgehead atoms. The number of halogens is 1. The zero-order valence-electron chi connectivity index (χ0n) is 11.2. The molecule has 0 heterocycles. The highest BCUT2D eigenvalue weighted by Crippen LogP contribution is 2.26. The van der Waals surface area contributed by atoms with Gasteiger partial charge in [-0.15, -0.1) is 31.9 Å². The second-order valence-electron chi connectivity index (χ2n) is 4.81. The summed E-state index contributed by atoms with van der Waals surface area (Å²) in [7, 11) is 0.339. The van der Waals surface area contributed by atoms with Crippen LogP contribution < -0.4 is 0 Å². The molecule has 0 nitrogen and oxygen atoms in total. The maximum absolute atomic E-state index is 2.38. The highest BCUT2D eigenvalue weighted by atomic mass is 127. The molecule has 0 spiro atoms. The number of unbranched alkanes of at least 4 members (excludes halogenated alkanes) is 4. The van der Waals surface area contributed by atoms with E-state index in [0.29, 0.717) is 7.92 Å². The fraction of sp³-hybridized carbons (Fsp3) is 0.600. The largest absolute Gasteiger partial charge is 0.113 e. The lowest BCUT2D eigenvalue weighted by molar-refractivity contribution is 0.634. The van der Waals surface area contributed by atoms with Crippen LogP contribution in [0.15, 0.2) is 30.3 Å². The first kappa shape index (κ1) is 17.4. The first-order chi connectivity index (χ1) is 7.79. The van der Waals surface area contributed by atoms with E-state index in [4.69, 9.17) is 0 Å². The third-order valence-corrected chi connectivity index (χ3v) is 4.12. The molecule has 98 valence electrons. The minimum Gasteiger partial charge on any atom is -0.113 e. The van der Waals surface area contributed by atoms with Crippen molar-refractivity contribution in [2.75, 3.05) is 19.5 Å². The SMILES string of the molecule is CP(C)CCCCCCCc1ccccc1.I. The average molecular weight is 364 g/mol. The van der Waals surface area contributed by atoms with Crippen LogP contribution in [0.2, 0.25) is 0 Å². The first-order valence-electron chi connectivity index (χ1n) is 6.47. The standard InChI is InChI=1S/C15H25P.HI/c1-16(2)14-10-5-3-4-7-11-15-12-8-6-9-13-15;/h6,8-9,12-13H,3-5,7,10-11,14H2,1-2H3;1H. The summed E-state index contributed by atoms with van der Waals surface area (Å²) >= 11 is 0. The molecule has 0 fully saturated rings. The summed E-state index contributed by atoms with van der Waals surface area (Å²) in [6.45, 7) is 4.76. The molecule has 0 unspecified atom stereocenters. The van der Waals surface area contributed by atoms with Crippen LogP contribution in [-0.4, -0.2) is 19.5 Å². The van der Waals surface area contributed by atoms with Crippen molar-refractivity contribution in [3.8, 4) is 0 Å². The Morgan fingerprint density at radius 2 is 1.41 bits per heavy atom. The second-order valence-corrected chi connectivity index (χ2v) is 7.41. The number of hydrogen-bond acceptors (Lipinski definition) is 0. The second kappa shape index (κ2) is 11.5. The average Bonchev–Trinajstić information content (AvgIpc) is 2.29. The van der Waals surface area contributed by atoms with Crippen molar-refractivity contribution in [3.63, 3.8) is 0 Å². The Balaban J connectivity index is 0.00000256. The van der Waals surface area contributed by atoms with Gasteiger partial charge >= 0.3 is 0 Å². The third kappa shape index (κ3) is 10.0. The fourth-order valence-electron chi connectivity index (χ4n) is 1.93. The van der Waals surface area contributed by atoms with Crippen molar-refractivity contribution in [2.24, 2.45) is 0 Å². The topological polar surface area (TPSA) is 0 Å². The molecule has 2 heteroatoms. The Hall–Kier alpha value is 0.380. The number of aryl methyl sites for hydroxylation is 1.